The van der Waals surface area contributed by atoms with E-state index in [-0.39, 0.29) is 25.6 Å². The number of carbonyl (C=O) groups excluding carboxylic acids is 1. The first-order valence-corrected chi connectivity index (χ1v) is 6.43. The molecule has 0 radical (unpaired) electrons. The van der Waals surface area contributed by atoms with Gasteiger partial charge in [0.15, 0.2) is 11.6 Å². The van der Waals surface area contributed by atoms with Crippen LogP contribution in [0.25, 0.3) is 0 Å². The summed E-state index contributed by atoms with van der Waals surface area (Å²) >= 11 is 5.56. The maximum atomic E-state index is 13.3. The molecule has 0 aliphatic heterocycles. The normalized spacial score (nSPS) is 10.5. The van der Waals surface area contributed by atoms with Crippen molar-refractivity contribution in [2.75, 3.05) is 32.7 Å². The van der Waals surface area contributed by atoms with Crippen molar-refractivity contribution in [3.8, 4) is 0 Å². The molecule has 0 heterocycles. The summed E-state index contributed by atoms with van der Waals surface area (Å²) in [4.78, 5) is 23.4. The average molecular weight is 323 g/mol. The molecule has 9 heteroatoms. The van der Waals surface area contributed by atoms with E-state index < -0.39 is 33.7 Å². The Bertz CT molecular complexity index is 542. The topological polar surface area (TPSA) is 72.7 Å². The molecule has 1 amide bonds. The van der Waals surface area contributed by atoms with Crippen molar-refractivity contribution in [2.24, 2.45) is 0 Å². The largest absolute Gasteiger partial charge is 0.383 e. The number of nitrogens with zero attached hydrogens (tertiary/aromatic N) is 2. The number of methoxy groups -OCH3 is 1. The predicted octanol–water partition coefficient (Wildman–Crippen LogP) is 2.20. The SMILES string of the molecule is COCCN(CCCl)C(=O)c1cc(F)c(F)cc1[N+](=O)[O-]. The van der Waals surface area contributed by atoms with Gasteiger partial charge in [-0.1, -0.05) is 0 Å². The fourth-order valence-corrected chi connectivity index (χ4v) is 1.85. The van der Waals surface area contributed by atoms with Crippen molar-refractivity contribution in [1.82, 2.24) is 4.90 Å². The number of benzene rings is 1. The van der Waals surface area contributed by atoms with Crippen LogP contribution in [0.15, 0.2) is 12.1 Å². The van der Waals surface area contributed by atoms with Crippen LogP contribution in [0.2, 0.25) is 0 Å². The van der Waals surface area contributed by atoms with Crippen molar-refractivity contribution in [1.29, 1.82) is 0 Å². The molecule has 0 atom stereocenters. The van der Waals surface area contributed by atoms with Crippen LogP contribution in [0.1, 0.15) is 10.4 Å². The Labute approximate surface area is 124 Å². The Kier molecular flexibility index (Phi) is 6.44. The average Bonchev–Trinajstić information content (AvgIpc) is 2.44. The minimum absolute atomic E-state index is 0.0902. The summed E-state index contributed by atoms with van der Waals surface area (Å²) < 4.78 is 31.2. The zero-order valence-corrected chi connectivity index (χ0v) is 11.9. The Morgan fingerprint density at radius 2 is 2.00 bits per heavy atom. The second-order valence-electron chi connectivity index (χ2n) is 4.01. The first-order chi connectivity index (χ1) is 9.92. The quantitative estimate of drug-likeness (QED) is 0.438. The fraction of sp³-hybridized carbons (Fsp3) is 0.417. The maximum Gasteiger partial charge on any atom is 0.285 e. The molecule has 0 aliphatic rings. The first-order valence-electron chi connectivity index (χ1n) is 5.90. The third-order valence-electron chi connectivity index (χ3n) is 2.67. The molecule has 0 saturated carbocycles. The van der Waals surface area contributed by atoms with Crippen LogP contribution < -0.4 is 0 Å². The highest BCUT2D eigenvalue weighted by atomic mass is 35.5. The molecule has 21 heavy (non-hydrogen) atoms. The second-order valence-corrected chi connectivity index (χ2v) is 4.39. The summed E-state index contributed by atoms with van der Waals surface area (Å²) in [6.45, 7) is 0.401. The van der Waals surface area contributed by atoms with E-state index in [1.807, 2.05) is 0 Å². The third-order valence-corrected chi connectivity index (χ3v) is 2.84. The lowest BCUT2D eigenvalue weighted by Gasteiger charge is -2.21. The number of rotatable bonds is 7. The van der Waals surface area contributed by atoms with Crippen molar-refractivity contribution in [3.05, 3.63) is 39.4 Å². The van der Waals surface area contributed by atoms with Crippen LogP contribution in [-0.4, -0.2) is 48.4 Å². The van der Waals surface area contributed by atoms with Crippen LogP contribution in [0, 0.1) is 21.7 Å². The van der Waals surface area contributed by atoms with Gasteiger partial charge in [0.2, 0.25) is 0 Å². The van der Waals surface area contributed by atoms with Gasteiger partial charge in [0, 0.05) is 26.1 Å². The van der Waals surface area contributed by atoms with Gasteiger partial charge in [-0.3, -0.25) is 14.9 Å². The van der Waals surface area contributed by atoms with Crippen molar-refractivity contribution in [2.45, 2.75) is 0 Å². The summed E-state index contributed by atoms with van der Waals surface area (Å²) in [7, 11) is 1.42. The molecule has 116 valence electrons. The van der Waals surface area contributed by atoms with E-state index in [4.69, 9.17) is 16.3 Å². The zero-order valence-electron chi connectivity index (χ0n) is 11.1. The Balaban J connectivity index is 3.19. The summed E-state index contributed by atoms with van der Waals surface area (Å²) in [6, 6.07) is 0.904. The van der Waals surface area contributed by atoms with Gasteiger partial charge in [0.05, 0.1) is 17.6 Å². The maximum absolute atomic E-state index is 13.3. The first kappa shape index (κ1) is 17.3. The van der Waals surface area contributed by atoms with Gasteiger partial charge in [-0.05, 0) is 6.07 Å². The van der Waals surface area contributed by atoms with Crippen molar-refractivity contribution >= 4 is 23.2 Å². The van der Waals surface area contributed by atoms with Gasteiger partial charge < -0.3 is 9.64 Å². The van der Waals surface area contributed by atoms with E-state index in [1.165, 1.54) is 12.0 Å². The van der Waals surface area contributed by atoms with Gasteiger partial charge in [-0.25, -0.2) is 8.78 Å². The number of amides is 1. The monoisotopic (exact) mass is 322 g/mol. The minimum atomic E-state index is -1.39. The van der Waals surface area contributed by atoms with E-state index >= 15 is 0 Å². The molecule has 0 bridgehead atoms. The number of hydrogen-bond acceptors (Lipinski definition) is 4. The second kappa shape index (κ2) is 7.84. The summed E-state index contributed by atoms with van der Waals surface area (Å²) in [6.07, 6.45) is 0. The molecule has 1 aromatic rings. The van der Waals surface area contributed by atoms with E-state index in [2.05, 4.69) is 0 Å². The highest BCUT2D eigenvalue weighted by Crippen LogP contribution is 2.23. The molecule has 0 aliphatic carbocycles. The van der Waals surface area contributed by atoms with Crippen LogP contribution >= 0.6 is 11.6 Å². The lowest BCUT2D eigenvalue weighted by molar-refractivity contribution is -0.385. The standard InChI is InChI=1S/C12H13ClF2N2O4/c1-21-5-4-16(3-2-13)12(18)8-6-9(14)10(15)7-11(8)17(19)20/h6-7H,2-5H2,1H3. The summed E-state index contributed by atoms with van der Waals surface area (Å²) in [5, 5.41) is 10.9. The van der Waals surface area contributed by atoms with Crippen LogP contribution in [0.4, 0.5) is 14.5 Å². The molecule has 0 N–H and O–H groups in total. The molecular formula is C12H13ClF2N2O4. The molecule has 1 rings (SSSR count). The van der Waals surface area contributed by atoms with Gasteiger partial charge in [0.25, 0.3) is 11.6 Å². The number of carbonyl (C=O) groups is 1. The third kappa shape index (κ3) is 4.33. The van der Waals surface area contributed by atoms with Gasteiger partial charge in [-0.15, -0.1) is 11.6 Å². The fourth-order valence-electron chi connectivity index (χ4n) is 1.65. The molecule has 0 spiro atoms. The van der Waals surface area contributed by atoms with Crippen LogP contribution in [0.5, 0.6) is 0 Å². The minimum Gasteiger partial charge on any atom is -0.383 e. The molecule has 0 fully saturated rings. The van der Waals surface area contributed by atoms with Gasteiger partial charge in [0.1, 0.15) is 5.56 Å². The van der Waals surface area contributed by atoms with E-state index in [9.17, 15) is 23.7 Å². The number of nitro benzene ring substituents is 1. The Hall–Kier alpha value is -1.80. The smallest absolute Gasteiger partial charge is 0.285 e. The Morgan fingerprint density at radius 1 is 1.38 bits per heavy atom. The van der Waals surface area contributed by atoms with E-state index in [0.717, 1.165) is 0 Å². The molecule has 1 aromatic carbocycles. The predicted molar refractivity (Wildman–Crippen MR) is 71.5 cm³/mol. The number of nitro groups is 1. The molecule has 0 aromatic heterocycles. The molecular weight excluding hydrogens is 310 g/mol. The highest BCUT2D eigenvalue weighted by Gasteiger charge is 2.27. The van der Waals surface area contributed by atoms with Crippen LogP contribution in [0.3, 0.4) is 0 Å². The number of alkyl halides is 1. The number of hydrogen-bond donors (Lipinski definition) is 0. The molecule has 0 unspecified atom stereocenters. The Morgan fingerprint density at radius 3 is 2.52 bits per heavy atom. The van der Waals surface area contributed by atoms with Gasteiger partial charge in [-0.2, -0.15) is 0 Å². The number of halogens is 3. The van der Waals surface area contributed by atoms with Crippen LogP contribution in [-0.2, 0) is 4.74 Å². The lowest BCUT2D eigenvalue weighted by Crippen LogP contribution is -2.36. The summed E-state index contributed by atoms with van der Waals surface area (Å²) in [5.74, 6) is -3.44. The van der Waals surface area contributed by atoms with Gasteiger partial charge >= 0.3 is 0 Å². The molecule has 0 saturated heterocycles. The summed E-state index contributed by atoms with van der Waals surface area (Å²) in [5.41, 5.74) is -1.32. The van der Waals surface area contributed by atoms with Crippen molar-refractivity contribution < 1.29 is 23.2 Å². The van der Waals surface area contributed by atoms with Crippen molar-refractivity contribution in [3.63, 3.8) is 0 Å². The zero-order chi connectivity index (χ0) is 16.0. The lowest BCUT2D eigenvalue weighted by atomic mass is 10.1. The number of ether oxygens (including phenoxy) is 1. The highest BCUT2D eigenvalue weighted by molar-refractivity contribution is 6.18. The molecule has 6 nitrogen and oxygen atoms in total. The van der Waals surface area contributed by atoms with E-state index in [0.29, 0.717) is 12.1 Å². The van der Waals surface area contributed by atoms with E-state index in [1.54, 1.807) is 0 Å².